The van der Waals surface area contributed by atoms with Crippen molar-refractivity contribution in [2.75, 3.05) is 16.8 Å². The predicted molar refractivity (Wildman–Crippen MR) is 92.0 cm³/mol. The number of aryl methyl sites for hydroxylation is 2. The minimum Gasteiger partial charge on any atom is -0.325 e. The highest BCUT2D eigenvalue weighted by atomic mass is 16.2. The molecule has 0 unspecified atom stereocenters. The lowest BCUT2D eigenvalue weighted by atomic mass is 10.0. The third-order valence-electron chi connectivity index (χ3n) is 4.17. The molecule has 1 heterocycles. The molecule has 2 aromatic carbocycles. The predicted octanol–water partition coefficient (Wildman–Crippen LogP) is 3.46. The molecule has 0 saturated carbocycles. The number of benzene rings is 2. The summed E-state index contributed by atoms with van der Waals surface area (Å²) in [6.07, 6.45) is 0.805. The van der Waals surface area contributed by atoms with Crippen molar-refractivity contribution in [1.29, 1.82) is 0 Å². The summed E-state index contributed by atoms with van der Waals surface area (Å²) >= 11 is 0. The van der Waals surface area contributed by atoms with E-state index in [1.807, 2.05) is 50.2 Å². The van der Waals surface area contributed by atoms with Gasteiger partial charge in [-0.05, 0) is 43.5 Å². The smallest absolute Gasteiger partial charge is 0.258 e. The van der Waals surface area contributed by atoms with E-state index in [1.165, 1.54) is 6.92 Å². The van der Waals surface area contributed by atoms with Crippen LogP contribution in [-0.2, 0) is 11.2 Å². The number of hydrogen-bond acceptors (Lipinski definition) is 2. The minimum atomic E-state index is -0.135. The zero-order valence-electron chi connectivity index (χ0n) is 13.6. The zero-order chi connectivity index (χ0) is 16.6. The van der Waals surface area contributed by atoms with Crippen LogP contribution in [-0.4, -0.2) is 18.4 Å². The highest BCUT2D eigenvalue weighted by molar-refractivity contribution is 6.11. The monoisotopic (exact) mass is 308 g/mol. The summed E-state index contributed by atoms with van der Waals surface area (Å²) in [5, 5.41) is 2.83. The second-order valence-corrected chi connectivity index (χ2v) is 6.02. The van der Waals surface area contributed by atoms with Crippen molar-refractivity contribution in [3.8, 4) is 0 Å². The van der Waals surface area contributed by atoms with Crippen molar-refractivity contribution in [2.45, 2.75) is 27.2 Å². The van der Waals surface area contributed by atoms with E-state index in [2.05, 4.69) is 5.32 Å². The number of anilines is 2. The van der Waals surface area contributed by atoms with Crippen LogP contribution in [0.1, 0.15) is 34.0 Å². The quantitative estimate of drug-likeness (QED) is 0.923. The summed E-state index contributed by atoms with van der Waals surface area (Å²) in [4.78, 5) is 26.3. The Morgan fingerprint density at radius 1 is 1.13 bits per heavy atom. The van der Waals surface area contributed by atoms with Gasteiger partial charge in [0.1, 0.15) is 0 Å². The van der Waals surface area contributed by atoms with E-state index in [-0.39, 0.29) is 11.8 Å². The molecule has 118 valence electrons. The van der Waals surface area contributed by atoms with Crippen LogP contribution in [0.5, 0.6) is 0 Å². The number of nitrogens with one attached hydrogen (secondary N) is 1. The number of amides is 2. The fraction of sp³-hybridized carbons (Fsp3) is 0.263. The summed E-state index contributed by atoms with van der Waals surface area (Å²) in [6.45, 7) is 6.05. The normalized spacial score (nSPS) is 12.9. The molecule has 4 nitrogen and oxygen atoms in total. The molecule has 0 bridgehead atoms. The Kier molecular flexibility index (Phi) is 3.90. The van der Waals surface area contributed by atoms with Gasteiger partial charge in [0.25, 0.3) is 5.91 Å². The van der Waals surface area contributed by atoms with Crippen molar-refractivity contribution >= 4 is 23.2 Å². The average molecular weight is 308 g/mol. The molecule has 23 heavy (non-hydrogen) atoms. The van der Waals surface area contributed by atoms with Gasteiger partial charge in [0.05, 0.1) is 11.4 Å². The van der Waals surface area contributed by atoms with Crippen molar-refractivity contribution in [3.63, 3.8) is 0 Å². The number of rotatable bonds is 2. The van der Waals surface area contributed by atoms with Gasteiger partial charge in [0.15, 0.2) is 0 Å². The number of hydrogen-bond donors (Lipinski definition) is 1. The Labute approximate surface area is 136 Å². The van der Waals surface area contributed by atoms with Crippen molar-refractivity contribution < 1.29 is 9.59 Å². The fourth-order valence-electron chi connectivity index (χ4n) is 3.06. The second kappa shape index (κ2) is 5.88. The molecule has 4 heteroatoms. The maximum atomic E-state index is 13.0. The van der Waals surface area contributed by atoms with Gasteiger partial charge in [-0.1, -0.05) is 29.8 Å². The van der Waals surface area contributed by atoms with Crippen LogP contribution in [0.2, 0.25) is 0 Å². The van der Waals surface area contributed by atoms with E-state index in [0.717, 1.165) is 34.4 Å². The van der Waals surface area contributed by atoms with Gasteiger partial charge in [0, 0.05) is 19.0 Å². The topological polar surface area (TPSA) is 49.4 Å². The molecule has 1 aliphatic heterocycles. The van der Waals surface area contributed by atoms with Gasteiger partial charge in [-0.25, -0.2) is 0 Å². The van der Waals surface area contributed by atoms with Crippen LogP contribution in [0.3, 0.4) is 0 Å². The molecule has 0 spiro atoms. The molecule has 0 aromatic heterocycles. The number of nitrogens with zero attached hydrogens (tertiary/aromatic N) is 1. The van der Waals surface area contributed by atoms with Crippen LogP contribution in [0.15, 0.2) is 36.4 Å². The molecule has 0 atom stereocenters. The first kappa shape index (κ1) is 15.3. The van der Waals surface area contributed by atoms with Gasteiger partial charge >= 0.3 is 0 Å². The number of carbonyl (C=O) groups is 2. The lowest BCUT2D eigenvalue weighted by Crippen LogP contribution is -2.30. The number of carbonyl (C=O) groups excluding carboxylic acids is 2. The lowest BCUT2D eigenvalue weighted by Gasteiger charge is -2.21. The van der Waals surface area contributed by atoms with Gasteiger partial charge in [-0.15, -0.1) is 0 Å². The highest BCUT2D eigenvalue weighted by Crippen LogP contribution is 2.36. The van der Waals surface area contributed by atoms with E-state index in [1.54, 1.807) is 4.90 Å². The average Bonchev–Trinajstić information content (AvgIpc) is 2.93. The summed E-state index contributed by atoms with van der Waals surface area (Å²) < 4.78 is 0. The summed E-state index contributed by atoms with van der Waals surface area (Å²) in [5.41, 5.74) is 5.37. The van der Waals surface area contributed by atoms with Gasteiger partial charge < -0.3 is 10.2 Å². The van der Waals surface area contributed by atoms with Crippen LogP contribution in [0.4, 0.5) is 11.4 Å². The van der Waals surface area contributed by atoms with Gasteiger partial charge in [0.2, 0.25) is 5.91 Å². The Morgan fingerprint density at radius 3 is 2.65 bits per heavy atom. The molecular formula is C19H20N2O2. The first-order chi connectivity index (χ1) is 11.0. The van der Waals surface area contributed by atoms with E-state index < -0.39 is 0 Å². The van der Waals surface area contributed by atoms with Crippen molar-refractivity contribution in [1.82, 2.24) is 0 Å². The third kappa shape index (κ3) is 2.84. The first-order valence-electron chi connectivity index (χ1n) is 7.76. The Balaban J connectivity index is 2.03. The summed E-state index contributed by atoms with van der Waals surface area (Å²) in [6, 6.07) is 11.7. The van der Waals surface area contributed by atoms with E-state index >= 15 is 0 Å². The molecule has 2 aromatic rings. The molecular weight excluding hydrogens is 288 g/mol. The highest BCUT2D eigenvalue weighted by Gasteiger charge is 2.29. The third-order valence-corrected chi connectivity index (χ3v) is 4.17. The lowest BCUT2D eigenvalue weighted by molar-refractivity contribution is -0.114. The van der Waals surface area contributed by atoms with Crippen LogP contribution < -0.4 is 10.2 Å². The molecule has 2 amide bonds. The molecule has 1 aliphatic rings. The van der Waals surface area contributed by atoms with E-state index in [0.29, 0.717) is 12.2 Å². The van der Waals surface area contributed by atoms with Crippen LogP contribution >= 0.6 is 0 Å². The molecule has 0 fully saturated rings. The van der Waals surface area contributed by atoms with E-state index in [4.69, 9.17) is 0 Å². The maximum absolute atomic E-state index is 13.0. The molecule has 3 rings (SSSR count). The fourth-order valence-corrected chi connectivity index (χ4v) is 3.06. The Hall–Kier alpha value is -2.62. The molecule has 0 saturated heterocycles. The minimum absolute atomic E-state index is 0.0113. The van der Waals surface area contributed by atoms with Gasteiger partial charge in [-0.3, -0.25) is 9.59 Å². The summed E-state index contributed by atoms with van der Waals surface area (Å²) in [7, 11) is 0. The standard InChI is InChI=1S/C19H20N2O2/c1-12-7-8-13(2)16(11-12)19(23)21-10-9-15-5-4-6-17(18(15)21)20-14(3)22/h4-8,11H,9-10H2,1-3H3,(H,20,22). The van der Waals surface area contributed by atoms with Crippen molar-refractivity contribution in [2.24, 2.45) is 0 Å². The molecule has 0 aliphatic carbocycles. The zero-order valence-corrected chi connectivity index (χ0v) is 13.6. The number of para-hydroxylation sites is 1. The molecule has 1 N–H and O–H groups in total. The van der Waals surface area contributed by atoms with Crippen molar-refractivity contribution in [3.05, 3.63) is 58.7 Å². The van der Waals surface area contributed by atoms with E-state index in [9.17, 15) is 9.59 Å². The Morgan fingerprint density at radius 2 is 1.91 bits per heavy atom. The second-order valence-electron chi connectivity index (χ2n) is 6.02. The largest absolute Gasteiger partial charge is 0.325 e. The van der Waals surface area contributed by atoms with Gasteiger partial charge in [-0.2, -0.15) is 0 Å². The first-order valence-corrected chi connectivity index (χ1v) is 7.76. The van der Waals surface area contributed by atoms with Crippen LogP contribution in [0.25, 0.3) is 0 Å². The SMILES string of the molecule is CC(=O)Nc1cccc2c1N(C(=O)c1cc(C)ccc1C)CC2. The Bertz CT molecular complexity index is 796. The summed E-state index contributed by atoms with van der Waals surface area (Å²) in [5.74, 6) is -0.146. The van der Waals surface area contributed by atoms with Crippen LogP contribution in [0, 0.1) is 13.8 Å². The molecule has 0 radical (unpaired) electrons. The number of fused-ring (bicyclic) bond motifs is 1. The maximum Gasteiger partial charge on any atom is 0.258 e.